The normalized spacial score (nSPS) is 11.2. The Kier molecular flexibility index (Phi) is 3.84. The molecule has 0 aliphatic heterocycles. The van der Waals surface area contributed by atoms with Crippen LogP contribution in [0.4, 0.5) is 4.79 Å². The average molecular weight is 162 g/mol. The third kappa shape index (κ3) is 5.63. The van der Waals surface area contributed by atoms with E-state index >= 15 is 0 Å². The molecule has 0 unspecified atom stereocenters. The zero-order valence-electron chi connectivity index (χ0n) is 6.79. The first-order valence-electron chi connectivity index (χ1n) is 3.28. The molecule has 0 atom stereocenters. The van der Waals surface area contributed by atoms with Crippen LogP contribution in [0, 0.1) is 0 Å². The van der Waals surface area contributed by atoms with Crippen molar-refractivity contribution in [3.8, 4) is 0 Å². The zero-order valence-corrected chi connectivity index (χ0v) is 6.79. The van der Waals surface area contributed by atoms with Gasteiger partial charge in [0.15, 0.2) is 0 Å². The molecule has 0 aromatic rings. The third-order valence-corrected chi connectivity index (χ3v) is 1.20. The van der Waals surface area contributed by atoms with Gasteiger partial charge in [-0.1, -0.05) is 0 Å². The van der Waals surface area contributed by atoms with Gasteiger partial charge in [0.2, 0.25) is 0 Å². The lowest BCUT2D eigenvalue weighted by atomic mass is 10.1. The number of rotatable bonds is 4. The summed E-state index contributed by atoms with van der Waals surface area (Å²) in [5.74, 6) is 4.79. The fourth-order valence-electron chi connectivity index (χ4n) is 0.628. The fraction of sp³-hybridized carbons (Fsp3) is 0.833. The lowest BCUT2D eigenvalue weighted by Gasteiger charge is -2.22. The largest absolute Gasteiger partial charge is 0.444 e. The summed E-state index contributed by atoms with van der Waals surface area (Å²) in [5, 5.41) is 0. The first-order valence-corrected chi connectivity index (χ1v) is 3.28. The number of ether oxygens (including phenoxy) is 1. The molecule has 0 heterocycles. The van der Waals surface area contributed by atoms with Gasteiger partial charge in [0.05, 0.1) is 6.61 Å². The number of amides is 1. The SMILES string of the molecule is CC(C)(CCON)OC(N)=O. The van der Waals surface area contributed by atoms with Crippen LogP contribution in [0.3, 0.4) is 0 Å². The molecule has 0 radical (unpaired) electrons. The monoisotopic (exact) mass is 162 g/mol. The van der Waals surface area contributed by atoms with Gasteiger partial charge in [-0.2, -0.15) is 0 Å². The van der Waals surface area contributed by atoms with Crippen molar-refractivity contribution in [2.75, 3.05) is 6.61 Å². The maximum absolute atomic E-state index is 10.3. The van der Waals surface area contributed by atoms with Crippen LogP contribution in [0.5, 0.6) is 0 Å². The molecule has 4 N–H and O–H groups in total. The number of carbonyl (C=O) groups excluding carboxylic acids is 1. The van der Waals surface area contributed by atoms with E-state index in [0.29, 0.717) is 13.0 Å². The molecular weight excluding hydrogens is 148 g/mol. The van der Waals surface area contributed by atoms with Crippen molar-refractivity contribution in [3.63, 3.8) is 0 Å². The smallest absolute Gasteiger partial charge is 0.405 e. The number of hydrogen-bond acceptors (Lipinski definition) is 4. The van der Waals surface area contributed by atoms with Crippen molar-refractivity contribution in [1.82, 2.24) is 0 Å². The summed E-state index contributed by atoms with van der Waals surface area (Å²) in [6.45, 7) is 3.80. The lowest BCUT2D eigenvalue weighted by Crippen LogP contribution is -2.32. The molecule has 0 aromatic heterocycles. The van der Waals surface area contributed by atoms with E-state index in [1.54, 1.807) is 13.8 Å². The van der Waals surface area contributed by atoms with Crippen LogP contribution in [-0.4, -0.2) is 18.3 Å². The van der Waals surface area contributed by atoms with Crippen molar-refractivity contribution >= 4 is 6.09 Å². The minimum absolute atomic E-state index is 0.334. The number of carbonyl (C=O) groups is 1. The molecule has 0 bridgehead atoms. The van der Waals surface area contributed by atoms with Crippen LogP contribution in [0.15, 0.2) is 0 Å². The highest BCUT2D eigenvalue weighted by molar-refractivity contribution is 5.65. The van der Waals surface area contributed by atoms with Gasteiger partial charge in [-0.3, -0.25) is 0 Å². The van der Waals surface area contributed by atoms with Gasteiger partial charge >= 0.3 is 6.09 Å². The standard InChI is InChI=1S/C6H14N2O3/c1-6(2,3-4-10-8)11-5(7)9/h3-4,8H2,1-2H3,(H2,7,9). The van der Waals surface area contributed by atoms with Gasteiger partial charge in [-0.05, 0) is 13.8 Å². The average Bonchev–Trinajstić information content (AvgIpc) is 1.81. The van der Waals surface area contributed by atoms with E-state index in [9.17, 15) is 4.79 Å². The second-order valence-corrected chi connectivity index (χ2v) is 2.80. The Morgan fingerprint density at radius 3 is 2.45 bits per heavy atom. The van der Waals surface area contributed by atoms with Crippen molar-refractivity contribution in [2.45, 2.75) is 25.9 Å². The number of hydrogen-bond donors (Lipinski definition) is 2. The molecule has 0 saturated heterocycles. The Balaban J connectivity index is 3.70. The Morgan fingerprint density at radius 1 is 1.55 bits per heavy atom. The van der Waals surface area contributed by atoms with E-state index < -0.39 is 11.7 Å². The second-order valence-electron chi connectivity index (χ2n) is 2.80. The van der Waals surface area contributed by atoms with E-state index in [-0.39, 0.29) is 0 Å². The first kappa shape index (κ1) is 10.2. The van der Waals surface area contributed by atoms with Crippen LogP contribution < -0.4 is 11.6 Å². The minimum Gasteiger partial charge on any atom is -0.444 e. The quantitative estimate of drug-likeness (QED) is 0.575. The molecule has 66 valence electrons. The molecule has 1 amide bonds. The van der Waals surface area contributed by atoms with Crippen LogP contribution in [0.1, 0.15) is 20.3 Å². The highest BCUT2D eigenvalue weighted by Crippen LogP contribution is 2.13. The number of primary amides is 1. The summed E-state index contributed by atoms with van der Waals surface area (Å²) < 4.78 is 4.74. The van der Waals surface area contributed by atoms with Gasteiger partial charge < -0.3 is 15.3 Å². The summed E-state index contributed by atoms with van der Waals surface area (Å²) in [5.41, 5.74) is 4.21. The van der Waals surface area contributed by atoms with Gasteiger partial charge in [0.25, 0.3) is 0 Å². The molecule has 0 saturated carbocycles. The van der Waals surface area contributed by atoms with Gasteiger partial charge in [0.1, 0.15) is 5.60 Å². The Labute approximate surface area is 65.6 Å². The lowest BCUT2D eigenvalue weighted by molar-refractivity contribution is 0.0115. The van der Waals surface area contributed by atoms with E-state index in [1.165, 1.54) is 0 Å². The minimum atomic E-state index is -0.785. The van der Waals surface area contributed by atoms with Crippen LogP contribution in [-0.2, 0) is 9.57 Å². The molecule has 5 nitrogen and oxygen atoms in total. The summed E-state index contributed by atoms with van der Waals surface area (Å²) >= 11 is 0. The summed E-state index contributed by atoms with van der Waals surface area (Å²) in [6.07, 6.45) is -0.265. The molecule has 0 aliphatic carbocycles. The van der Waals surface area contributed by atoms with E-state index in [1.807, 2.05) is 0 Å². The molecule has 0 spiro atoms. The fourth-order valence-corrected chi connectivity index (χ4v) is 0.628. The first-order chi connectivity index (χ1) is 4.98. The van der Waals surface area contributed by atoms with Crippen molar-refractivity contribution in [3.05, 3.63) is 0 Å². The molecular formula is C6H14N2O3. The van der Waals surface area contributed by atoms with Crippen molar-refractivity contribution in [1.29, 1.82) is 0 Å². The van der Waals surface area contributed by atoms with Crippen LogP contribution in [0.2, 0.25) is 0 Å². The third-order valence-electron chi connectivity index (χ3n) is 1.20. The van der Waals surface area contributed by atoms with E-state index in [4.69, 9.17) is 16.4 Å². The summed E-state index contributed by atoms with van der Waals surface area (Å²) in [6, 6.07) is 0. The molecule has 5 heteroatoms. The zero-order chi connectivity index (χ0) is 8.91. The van der Waals surface area contributed by atoms with Crippen LogP contribution in [0.25, 0.3) is 0 Å². The number of nitrogens with two attached hydrogens (primary N) is 2. The van der Waals surface area contributed by atoms with Gasteiger partial charge in [-0.25, -0.2) is 10.7 Å². The van der Waals surface area contributed by atoms with Crippen molar-refractivity contribution in [2.24, 2.45) is 11.6 Å². The van der Waals surface area contributed by atoms with Crippen LogP contribution >= 0.6 is 0 Å². The maximum atomic E-state index is 10.3. The summed E-state index contributed by atoms with van der Waals surface area (Å²) in [7, 11) is 0. The molecule has 0 aliphatic rings. The van der Waals surface area contributed by atoms with Crippen molar-refractivity contribution < 1.29 is 14.4 Å². The van der Waals surface area contributed by atoms with E-state index in [2.05, 4.69) is 4.84 Å². The molecule has 11 heavy (non-hydrogen) atoms. The Morgan fingerprint density at radius 2 is 2.09 bits per heavy atom. The maximum Gasteiger partial charge on any atom is 0.405 e. The van der Waals surface area contributed by atoms with E-state index in [0.717, 1.165) is 0 Å². The van der Waals surface area contributed by atoms with Gasteiger partial charge in [0, 0.05) is 6.42 Å². The van der Waals surface area contributed by atoms with Gasteiger partial charge in [-0.15, -0.1) is 0 Å². The Hall–Kier alpha value is -0.810. The summed E-state index contributed by atoms with van der Waals surface area (Å²) in [4.78, 5) is 14.6. The predicted molar refractivity (Wildman–Crippen MR) is 39.5 cm³/mol. The molecule has 0 rings (SSSR count). The second kappa shape index (κ2) is 4.15. The Bertz CT molecular complexity index is 136. The predicted octanol–water partition coefficient (Wildman–Crippen LogP) is 0.141. The highest BCUT2D eigenvalue weighted by Gasteiger charge is 2.20. The molecule has 0 fully saturated rings. The molecule has 0 aromatic carbocycles. The topological polar surface area (TPSA) is 87.6 Å². The highest BCUT2D eigenvalue weighted by atomic mass is 16.6.